The van der Waals surface area contributed by atoms with Gasteiger partial charge in [0.05, 0.1) is 6.54 Å². The summed E-state index contributed by atoms with van der Waals surface area (Å²) in [5, 5.41) is 3.20. The number of benzene rings is 1. The van der Waals surface area contributed by atoms with E-state index in [1.54, 1.807) is 4.90 Å². The van der Waals surface area contributed by atoms with Crippen LogP contribution in [0.4, 0.5) is 0 Å². The molecule has 1 N–H and O–H groups in total. The summed E-state index contributed by atoms with van der Waals surface area (Å²) in [6, 6.07) is 8.73. The van der Waals surface area contributed by atoms with Crippen molar-refractivity contribution in [2.45, 2.75) is 33.2 Å². The van der Waals surface area contributed by atoms with Crippen molar-refractivity contribution in [2.75, 3.05) is 20.1 Å². The number of carbonyl (C=O) groups excluding carboxylic acids is 1. The van der Waals surface area contributed by atoms with Crippen molar-refractivity contribution in [3.8, 4) is 0 Å². The highest BCUT2D eigenvalue weighted by molar-refractivity contribution is 5.78. The third kappa shape index (κ3) is 4.88. The molecule has 0 spiro atoms. The fraction of sp³-hybridized carbons (Fsp3) is 0.533. The molecule has 100 valence electrons. The lowest BCUT2D eigenvalue weighted by atomic mass is 10.1. The lowest BCUT2D eigenvalue weighted by molar-refractivity contribution is -0.130. The number of carbonyl (C=O) groups is 1. The fourth-order valence-corrected chi connectivity index (χ4v) is 1.71. The lowest BCUT2D eigenvalue weighted by Crippen LogP contribution is -2.39. The molecule has 3 nitrogen and oxygen atoms in total. The Morgan fingerprint density at radius 1 is 1.39 bits per heavy atom. The largest absolute Gasteiger partial charge is 0.342 e. The maximum atomic E-state index is 11.7. The summed E-state index contributed by atoms with van der Waals surface area (Å²) in [5.41, 5.74) is 2.59. The van der Waals surface area contributed by atoms with E-state index in [0.717, 1.165) is 13.0 Å². The summed E-state index contributed by atoms with van der Waals surface area (Å²) in [6.45, 7) is 7.38. The Kier molecular flexibility index (Phi) is 5.86. The Bertz CT molecular complexity index is 388. The van der Waals surface area contributed by atoms with Crippen LogP contribution >= 0.6 is 0 Å². The minimum atomic E-state index is 0.147. The van der Waals surface area contributed by atoms with Gasteiger partial charge in [-0.1, -0.05) is 29.8 Å². The molecule has 1 rings (SSSR count). The molecule has 0 heterocycles. The zero-order chi connectivity index (χ0) is 13.5. The molecule has 0 saturated carbocycles. The molecule has 0 unspecified atom stereocenters. The zero-order valence-electron chi connectivity index (χ0n) is 11.9. The van der Waals surface area contributed by atoms with Gasteiger partial charge in [-0.25, -0.2) is 0 Å². The molecule has 0 aromatic heterocycles. The molecular weight excluding hydrogens is 224 g/mol. The number of nitrogens with one attached hydrogen (secondary N) is 1. The Labute approximate surface area is 110 Å². The standard InChI is InChI=1S/C15H24N2O/c1-12(2)17(4)15(18)11-16-9-8-14-7-5-6-13(3)10-14/h5-7,10,12,16H,8-9,11H2,1-4H3. The zero-order valence-corrected chi connectivity index (χ0v) is 11.9. The number of amides is 1. The quantitative estimate of drug-likeness (QED) is 0.781. The van der Waals surface area contributed by atoms with Gasteiger partial charge in [0, 0.05) is 13.1 Å². The van der Waals surface area contributed by atoms with Gasteiger partial charge in [0.15, 0.2) is 0 Å². The van der Waals surface area contributed by atoms with Gasteiger partial charge >= 0.3 is 0 Å². The molecule has 1 aromatic rings. The van der Waals surface area contributed by atoms with Crippen LogP contribution in [0.5, 0.6) is 0 Å². The molecule has 1 amide bonds. The smallest absolute Gasteiger partial charge is 0.236 e. The lowest BCUT2D eigenvalue weighted by Gasteiger charge is -2.21. The molecule has 0 aliphatic rings. The molecule has 0 atom stereocenters. The van der Waals surface area contributed by atoms with Gasteiger partial charge in [0.2, 0.25) is 5.91 Å². The van der Waals surface area contributed by atoms with E-state index < -0.39 is 0 Å². The van der Waals surface area contributed by atoms with Crippen molar-refractivity contribution in [3.63, 3.8) is 0 Å². The second-order valence-electron chi connectivity index (χ2n) is 5.01. The highest BCUT2D eigenvalue weighted by atomic mass is 16.2. The highest BCUT2D eigenvalue weighted by Gasteiger charge is 2.10. The second kappa shape index (κ2) is 7.17. The Balaban J connectivity index is 2.25. The van der Waals surface area contributed by atoms with E-state index in [-0.39, 0.29) is 11.9 Å². The summed E-state index contributed by atoms with van der Waals surface area (Å²) in [5.74, 6) is 0.147. The number of likely N-dealkylation sites (N-methyl/N-ethyl adjacent to an activating group) is 1. The Morgan fingerprint density at radius 2 is 2.11 bits per heavy atom. The van der Waals surface area contributed by atoms with Crippen LogP contribution in [0.2, 0.25) is 0 Å². The second-order valence-corrected chi connectivity index (χ2v) is 5.01. The van der Waals surface area contributed by atoms with Gasteiger partial charge in [-0.05, 0) is 39.3 Å². The highest BCUT2D eigenvalue weighted by Crippen LogP contribution is 2.03. The predicted octanol–water partition coefficient (Wildman–Crippen LogP) is 1.99. The summed E-state index contributed by atoms with van der Waals surface area (Å²) < 4.78 is 0. The Morgan fingerprint density at radius 3 is 2.72 bits per heavy atom. The first-order chi connectivity index (χ1) is 8.50. The molecule has 0 aliphatic heterocycles. The van der Waals surface area contributed by atoms with E-state index in [0.29, 0.717) is 6.54 Å². The summed E-state index contributed by atoms with van der Waals surface area (Å²) >= 11 is 0. The summed E-state index contributed by atoms with van der Waals surface area (Å²) in [7, 11) is 1.84. The van der Waals surface area contributed by atoms with Crippen molar-refractivity contribution < 1.29 is 4.79 Å². The van der Waals surface area contributed by atoms with Gasteiger partial charge in [0.25, 0.3) is 0 Å². The maximum Gasteiger partial charge on any atom is 0.236 e. The predicted molar refractivity (Wildman–Crippen MR) is 75.7 cm³/mol. The van der Waals surface area contributed by atoms with Crippen LogP contribution < -0.4 is 5.32 Å². The van der Waals surface area contributed by atoms with E-state index in [2.05, 4.69) is 36.5 Å². The van der Waals surface area contributed by atoms with Crippen LogP contribution in [0.3, 0.4) is 0 Å². The van der Waals surface area contributed by atoms with Crippen molar-refractivity contribution in [2.24, 2.45) is 0 Å². The van der Waals surface area contributed by atoms with E-state index >= 15 is 0 Å². The topological polar surface area (TPSA) is 32.3 Å². The van der Waals surface area contributed by atoms with Gasteiger partial charge in [-0.15, -0.1) is 0 Å². The van der Waals surface area contributed by atoms with Crippen LogP contribution in [0.15, 0.2) is 24.3 Å². The molecule has 18 heavy (non-hydrogen) atoms. The first kappa shape index (κ1) is 14.7. The van der Waals surface area contributed by atoms with Gasteiger partial charge in [-0.2, -0.15) is 0 Å². The molecule has 0 aliphatic carbocycles. The van der Waals surface area contributed by atoms with Crippen molar-refractivity contribution in [1.82, 2.24) is 10.2 Å². The molecule has 0 saturated heterocycles. The van der Waals surface area contributed by atoms with Crippen molar-refractivity contribution in [1.29, 1.82) is 0 Å². The molecule has 0 fully saturated rings. The van der Waals surface area contributed by atoms with E-state index in [9.17, 15) is 4.79 Å². The molecule has 3 heteroatoms. The van der Waals surface area contributed by atoms with Gasteiger partial charge in [0.1, 0.15) is 0 Å². The SMILES string of the molecule is Cc1cccc(CCNCC(=O)N(C)C(C)C)c1. The van der Waals surface area contributed by atoms with Crippen LogP contribution in [0.25, 0.3) is 0 Å². The molecule has 0 bridgehead atoms. The summed E-state index contributed by atoms with van der Waals surface area (Å²) in [6.07, 6.45) is 0.959. The number of nitrogens with zero attached hydrogens (tertiary/aromatic N) is 1. The van der Waals surface area contributed by atoms with Crippen LogP contribution in [0, 0.1) is 6.92 Å². The molecular formula is C15H24N2O. The maximum absolute atomic E-state index is 11.7. The van der Waals surface area contributed by atoms with Crippen LogP contribution in [-0.2, 0) is 11.2 Å². The number of hydrogen-bond acceptors (Lipinski definition) is 2. The van der Waals surface area contributed by atoms with Crippen molar-refractivity contribution >= 4 is 5.91 Å². The normalized spacial score (nSPS) is 10.7. The van der Waals surface area contributed by atoms with Gasteiger partial charge < -0.3 is 10.2 Å². The number of hydrogen-bond donors (Lipinski definition) is 1. The monoisotopic (exact) mass is 248 g/mol. The van der Waals surface area contributed by atoms with Crippen molar-refractivity contribution in [3.05, 3.63) is 35.4 Å². The molecule has 0 radical (unpaired) electrons. The van der Waals surface area contributed by atoms with Crippen LogP contribution in [0.1, 0.15) is 25.0 Å². The number of rotatable bonds is 6. The number of aryl methyl sites for hydroxylation is 1. The Hall–Kier alpha value is -1.35. The first-order valence-corrected chi connectivity index (χ1v) is 6.52. The average molecular weight is 248 g/mol. The minimum absolute atomic E-state index is 0.147. The third-order valence-electron chi connectivity index (χ3n) is 3.12. The first-order valence-electron chi connectivity index (χ1n) is 6.52. The molecule has 1 aromatic carbocycles. The van der Waals surface area contributed by atoms with Crippen LogP contribution in [-0.4, -0.2) is 37.0 Å². The fourth-order valence-electron chi connectivity index (χ4n) is 1.71. The van der Waals surface area contributed by atoms with E-state index in [4.69, 9.17) is 0 Å². The third-order valence-corrected chi connectivity index (χ3v) is 3.12. The average Bonchev–Trinajstić information content (AvgIpc) is 2.33. The van der Waals surface area contributed by atoms with E-state index in [1.807, 2.05) is 20.9 Å². The van der Waals surface area contributed by atoms with E-state index in [1.165, 1.54) is 11.1 Å². The minimum Gasteiger partial charge on any atom is -0.342 e. The van der Waals surface area contributed by atoms with Gasteiger partial charge in [-0.3, -0.25) is 4.79 Å². The summed E-state index contributed by atoms with van der Waals surface area (Å²) in [4.78, 5) is 13.5.